The molecule has 1 aliphatic rings. The van der Waals surface area contributed by atoms with Gasteiger partial charge in [0.15, 0.2) is 0 Å². The van der Waals surface area contributed by atoms with Crippen molar-refractivity contribution in [1.82, 2.24) is 4.98 Å². The van der Waals surface area contributed by atoms with Gasteiger partial charge in [0.2, 0.25) is 5.91 Å². The van der Waals surface area contributed by atoms with Crippen molar-refractivity contribution >= 4 is 28.7 Å². The Bertz CT molecular complexity index is 574. The quantitative estimate of drug-likeness (QED) is 0.942. The van der Waals surface area contributed by atoms with E-state index < -0.39 is 0 Å². The van der Waals surface area contributed by atoms with Crippen molar-refractivity contribution < 1.29 is 4.79 Å². The summed E-state index contributed by atoms with van der Waals surface area (Å²) in [6.07, 6.45) is 6.08. The van der Waals surface area contributed by atoms with E-state index in [-0.39, 0.29) is 5.91 Å². The predicted molar refractivity (Wildman–Crippen MR) is 87.0 cm³/mol. The lowest BCUT2D eigenvalue weighted by Gasteiger charge is -2.28. The minimum atomic E-state index is -0.0179. The molecule has 1 aliphatic heterocycles. The first-order valence-electron chi connectivity index (χ1n) is 7.34. The van der Waals surface area contributed by atoms with E-state index in [0.717, 1.165) is 23.7 Å². The van der Waals surface area contributed by atoms with Crippen LogP contribution in [0.25, 0.3) is 0 Å². The number of anilines is 2. The number of hydrogen-bond acceptors (Lipinski definition) is 4. The van der Waals surface area contributed by atoms with Crippen LogP contribution in [-0.4, -0.2) is 24.0 Å². The van der Waals surface area contributed by atoms with Crippen LogP contribution < -0.4 is 10.2 Å². The number of nitrogens with one attached hydrogen (secondary N) is 1. The highest BCUT2D eigenvalue weighted by atomic mass is 32.1. The molecule has 3 rings (SSSR count). The van der Waals surface area contributed by atoms with Gasteiger partial charge in [-0.25, -0.2) is 4.98 Å². The lowest BCUT2D eigenvalue weighted by atomic mass is 10.1. The molecule has 4 nitrogen and oxygen atoms in total. The van der Waals surface area contributed by atoms with Crippen LogP contribution >= 0.6 is 11.3 Å². The normalized spacial score (nSPS) is 15.0. The molecule has 0 unspecified atom stereocenters. The highest BCUT2D eigenvalue weighted by Crippen LogP contribution is 2.20. The Kier molecular flexibility index (Phi) is 4.50. The number of carbonyl (C=O) groups excluding carboxylic acids is 1. The number of piperidine rings is 1. The third-order valence-electron chi connectivity index (χ3n) is 3.65. The predicted octanol–water partition coefficient (Wildman–Crippen LogP) is 3.31. The first kappa shape index (κ1) is 14.1. The van der Waals surface area contributed by atoms with Crippen molar-refractivity contribution in [3.63, 3.8) is 0 Å². The zero-order valence-electron chi connectivity index (χ0n) is 11.9. The standard InChI is InChI=1S/C16H19N3OS/c20-16(11-14-5-4-10-21-14)18-15-7-6-13(12-17-15)19-8-2-1-3-9-19/h4-7,10,12H,1-3,8-9,11H2,(H,17,18,20). The fourth-order valence-corrected chi connectivity index (χ4v) is 3.26. The van der Waals surface area contributed by atoms with Gasteiger partial charge in [-0.05, 0) is 42.8 Å². The summed E-state index contributed by atoms with van der Waals surface area (Å²) in [5.41, 5.74) is 1.14. The fraction of sp³-hybridized carbons (Fsp3) is 0.375. The van der Waals surface area contributed by atoms with Gasteiger partial charge in [-0.3, -0.25) is 4.79 Å². The first-order valence-corrected chi connectivity index (χ1v) is 8.22. The van der Waals surface area contributed by atoms with Crippen LogP contribution in [-0.2, 0) is 11.2 Å². The topological polar surface area (TPSA) is 45.2 Å². The molecule has 21 heavy (non-hydrogen) atoms. The monoisotopic (exact) mass is 301 g/mol. The summed E-state index contributed by atoms with van der Waals surface area (Å²) >= 11 is 1.60. The zero-order chi connectivity index (χ0) is 14.5. The minimum Gasteiger partial charge on any atom is -0.370 e. The molecule has 0 saturated carbocycles. The van der Waals surface area contributed by atoms with E-state index in [1.54, 1.807) is 11.3 Å². The van der Waals surface area contributed by atoms with Crippen molar-refractivity contribution in [3.05, 3.63) is 40.7 Å². The molecule has 3 heterocycles. The number of carbonyl (C=O) groups is 1. The smallest absolute Gasteiger partial charge is 0.230 e. The number of amides is 1. The Balaban J connectivity index is 1.57. The van der Waals surface area contributed by atoms with E-state index in [0.29, 0.717) is 12.2 Å². The van der Waals surface area contributed by atoms with Gasteiger partial charge in [-0.2, -0.15) is 0 Å². The molecule has 0 aliphatic carbocycles. The second-order valence-electron chi connectivity index (χ2n) is 5.25. The first-order chi connectivity index (χ1) is 10.3. The number of thiophene rings is 1. The zero-order valence-corrected chi connectivity index (χ0v) is 12.7. The Hall–Kier alpha value is -1.88. The maximum Gasteiger partial charge on any atom is 0.230 e. The van der Waals surface area contributed by atoms with E-state index in [2.05, 4.69) is 15.2 Å². The average molecular weight is 301 g/mol. The summed E-state index contributed by atoms with van der Waals surface area (Å²) in [5.74, 6) is 0.605. The number of aromatic nitrogens is 1. The lowest BCUT2D eigenvalue weighted by Crippen LogP contribution is -2.29. The molecular formula is C16H19N3OS. The molecule has 1 amide bonds. The van der Waals surface area contributed by atoms with Crippen molar-refractivity contribution in [2.24, 2.45) is 0 Å². The number of hydrogen-bond donors (Lipinski definition) is 1. The van der Waals surface area contributed by atoms with Crippen LogP contribution in [0.5, 0.6) is 0 Å². The molecule has 110 valence electrons. The third-order valence-corrected chi connectivity index (χ3v) is 4.53. The average Bonchev–Trinajstić information content (AvgIpc) is 3.02. The maximum absolute atomic E-state index is 11.9. The molecule has 0 spiro atoms. The Morgan fingerprint density at radius 2 is 2.10 bits per heavy atom. The summed E-state index contributed by atoms with van der Waals surface area (Å²) in [6, 6.07) is 7.85. The number of pyridine rings is 1. The van der Waals surface area contributed by atoms with Crippen molar-refractivity contribution in [3.8, 4) is 0 Å². The van der Waals surface area contributed by atoms with Crippen molar-refractivity contribution in [2.75, 3.05) is 23.3 Å². The van der Waals surface area contributed by atoms with Crippen LogP contribution in [0, 0.1) is 0 Å². The van der Waals surface area contributed by atoms with E-state index in [1.807, 2.05) is 35.8 Å². The van der Waals surface area contributed by atoms with E-state index in [9.17, 15) is 4.79 Å². The second kappa shape index (κ2) is 6.72. The third kappa shape index (κ3) is 3.82. The maximum atomic E-state index is 11.9. The van der Waals surface area contributed by atoms with E-state index in [1.165, 1.54) is 19.3 Å². The van der Waals surface area contributed by atoms with Gasteiger partial charge >= 0.3 is 0 Å². The molecule has 0 bridgehead atoms. The summed E-state index contributed by atoms with van der Waals surface area (Å²) in [6.45, 7) is 2.21. The second-order valence-corrected chi connectivity index (χ2v) is 6.29. The van der Waals surface area contributed by atoms with Crippen LogP contribution in [0.4, 0.5) is 11.5 Å². The molecule has 0 aromatic carbocycles. The summed E-state index contributed by atoms with van der Waals surface area (Å²) in [4.78, 5) is 19.7. The molecule has 5 heteroatoms. The summed E-state index contributed by atoms with van der Waals surface area (Å²) in [5, 5.41) is 4.83. The van der Waals surface area contributed by atoms with Gasteiger partial charge in [0.25, 0.3) is 0 Å². The molecule has 2 aromatic rings. The SMILES string of the molecule is O=C(Cc1cccs1)Nc1ccc(N2CCCCC2)cn1. The van der Waals surface area contributed by atoms with Crippen LogP contribution in [0.2, 0.25) is 0 Å². The highest BCUT2D eigenvalue weighted by molar-refractivity contribution is 7.10. The van der Waals surface area contributed by atoms with Crippen molar-refractivity contribution in [2.45, 2.75) is 25.7 Å². The molecule has 0 atom stereocenters. The van der Waals surface area contributed by atoms with E-state index >= 15 is 0 Å². The molecule has 2 aromatic heterocycles. The fourth-order valence-electron chi connectivity index (χ4n) is 2.56. The highest BCUT2D eigenvalue weighted by Gasteiger charge is 2.11. The minimum absolute atomic E-state index is 0.0179. The summed E-state index contributed by atoms with van der Waals surface area (Å²) in [7, 11) is 0. The van der Waals surface area contributed by atoms with Gasteiger partial charge in [0.05, 0.1) is 18.3 Å². The van der Waals surface area contributed by atoms with Crippen LogP contribution in [0.1, 0.15) is 24.1 Å². The Labute approximate surface area is 128 Å². The molecule has 1 N–H and O–H groups in total. The van der Waals surface area contributed by atoms with Crippen molar-refractivity contribution in [1.29, 1.82) is 0 Å². The van der Waals surface area contributed by atoms with Gasteiger partial charge in [0, 0.05) is 18.0 Å². The van der Waals surface area contributed by atoms with Gasteiger partial charge < -0.3 is 10.2 Å². The largest absolute Gasteiger partial charge is 0.370 e. The number of nitrogens with zero attached hydrogens (tertiary/aromatic N) is 2. The number of rotatable bonds is 4. The Morgan fingerprint density at radius 3 is 2.76 bits per heavy atom. The van der Waals surface area contributed by atoms with Gasteiger partial charge in [0.1, 0.15) is 5.82 Å². The molecule has 1 saturated heterocycles. The summed E-state index contributed by atoms with van der Waals surface area (Å²) < 4.78 is 0. The van der Waals surface area contributed by atoms with Gasteiger partial charge in [-0.1, -0.05) is 6.07 Å². The molecular weight excluding hydrogens is 282 g/mol. The van der Waals surface area contributed by atoms with Crippen LogP contribution in [0.3, 0.4) is 0 Å². The molecule has 0 radical (unpaired) electrons. The molecule has 1 fully saturated rings. The van der Waals surface area contributed by atoms with E-state index in [4.69, 9.17) is 0 Å². The lowest BCUT2D eigenvalue weighted by molar-refractivity contribution is -0.115. The van der Waals surface area contributed by atoms with Crippen LogP contribution in [0.15, 0.2) is 35.8 Å². The van der Waals surface area contributed by atoms with Gasteiger partial charge in [-0.15, -0.1) is 11.3 Å². The Morgan fingerprint density at radius 1 is 1.24 bits per heavy atom.